The average molecular weight is 497 g/mol. The number of hydrogen-bond donors (Lipinski definition) is 1. The van der Waals surface area contributed by atoms with Gasteiger partial charge in [0.2, 0.25) is 0 Å². The molecule has 1 aliphatic carbocycles. The van der Waals surface area contributed by atoms with Crippen molar-refractivity contribution in [3.8, 4) is 0 Å². The fourth-order valence-electron chi connectivity index (χ4n) is 5.84. The number of carbonyl (C=O) groups is 1. The highest BCUT2D eigenvalue weighted by Crippen LogP contribution is 2.27. The molecule has 0 bridgehead atoms. The number of nitrogens with one attached hydrogen (secondary N) is 1. The van der Waals surface area contributed by atoms with Crippen LogP contribution in [0.4, 0.5) is 5.82 Å². The van der Waals surface area contributed by atoms with Gasteiger partial charge in [0, 0.05) is 45.8 Å². The molecular weight excluding hydrogens is 448 g/mol. The van der Waals surface area contributed by atoms with E-state index >= 15 is 0 Å². The third kappa shape index (κ3) is 6.99. The number of unbranched alkanes of at least 4 members (excludes halogenated alkanes) is 1. The Kier molecular flexibility index (Phi) is 10.0. The van der Waals surface area contributed by atoms with Gasteiger partial charge in [0.15, 0.2) is 11.3 Å². The molecule has 2 aromatic rings. The zero-order chi connectivity index (χ0) is 25.3. The van der Waals surface area contributed by atoms with Crippen molar-refractivity contribution in [2.75, 3.05) is 37.6 Å². The molecule has 5 rings (SSSR count). The lowest BCUT2D eigenvalue weighted by atomic mass is 10.0. The minimum atomic E-state index is -0.0610. The number of nitrogens with zero attached hydrogens (tertiary/aromatic N) is 5. The van der Waals surface area contributed by atoms with Crippen LogP contribution in [0.25, 0.3) is 11.0 Å². The monoisotopic (exact) mass is 496 g/mol. The van der Waals surface area contributed by atoms with Crippen LogP contribution in [0.15, 0.2) is 12.1 Å². The summed E-state index contributed by atoms with van der Waals surface area (Å²) in [5.41, 5.74) is 1.30. The Morgan fingerprint density at radius 1 is 0.917 bits per heavy atom. The van der Waals surface area contributed by atoms with Gasteiger partial charge in [-0.15, -0.1) is 0 Å². The summed E-state index contributed by atoms with van der Waals surface area (Å²) in [6, 6.07) is 4.34. The minimum absolute atomic E-state index is 0.0610. The van der Waals surface area contributed by atoms with E-state index < -0.39 is 0 Å². The molecule has 36 heavy (non-hydrogen) atoms. The van der Waals surface area contributed by atoms with E-state index in [1.54, 1.807) is 4.68 Å². The van der Waals surface area contributed by atoms with Crippen molar-refractivity contribution in [2.45, 2.75) is 96.9 Å². The second kappa shape index (κ2) is 13.4. The SMILES string of the molecule is CCCC.Cn1nc(C(=O)NC2CCN(CC3CCCC3)CC2)c2ccc(N3CCCCCC3)nc21. The van der Waals surface area contributed by atoms with E-state index in [4.69, 9.17) is 4.98 Å². The van der Waals surface area contributed by atoms with E-state index in [-0.39, 0.29) is 11.9 Å². The molecule has 0 spiro atoms. The summed E-state index contributed by atoms with van der Waals surface area (Å²) in [7, 11) is 1.89. The Morgan fingerprint density at radius 3 is 2.22 bits per heavy atom. The van der Waals surface area contributed by atoms with E-state index in [0.717, 1.165) is 61.8 Å². The maximum Gasteiger partial charge on any atom is 0.272 e. The number of aromatic nitrogens is 3. The van der Waals surface area contributed by atoms with Crippen LogP contribution >= 0.6 is 0 Å². The summed E-state index contributed by atoms with van der Waals surface area (Å²) in [5.74, 6) is 1.84. The van der Waals surface area contributed by atoms with Gasteiger partial charge in [0.1, 0.15) is 5.82 Å². The van der Waals surface area contributed by atoms with Crippen LogP contribution < -0.4 is 10.2 Å². The number of piperidine rings is 1. The molecule has 2 aromatic heterocycles. The van der Waals surface area contributed by atoms with Crippen molar-refractivity contribution in [1.82, 2.24) is 25.0 Å². The molecular formula is C29H48N6O. The van der Waals surface area contributed by atoms with Crippen LogP contribution in [-0.4, -0.2) is 64.3 Å². The highest BCUT2D eigenvalue weighted by Gasteiger charge is 2.26. The molecule has 0 radical (unpaired) electrons. The molecule has 200 valence electrons. The molecule has 0 unspecified atom stereocenters. The summed E-state index contributed by atoms with van der Waals surface area (Å²) < 4.78 is 1.76. The Hall–Kier alpha value is -2.15. The van der Waals surface area contributed by atoms with Crippen molar-refractivity contribution >= 4 is 22.8 Å². The third-order valence-electron chi connectivity index (χ3n) is 8.23. The Bertz CT molecular complexity index is 948. The van der Waals surface area contributed by atoms with Crippen LogP contribution in [0.1, 0.15) is 101 Å². The minimum Gasteiger partial charge on any atom is -0.357 e. The molecule has 1 amide bonds. The third-order valence-corrected chi connectivity index (χ3v) is 8.23. The first kappa shape index (κ1) is 26.9. The molecule has 2 saturated heterocycles. The summed E-state index contributed by atoms with van der Waals surface area (Å²) in [6.45, 7) is 9.90. The summed E-state index contributed by atoms with van der Waals surface area (Å²) >= 11 is 0. The van der Waals surface area contributed by atoms with Gasteiger partial charge in [0.05, 0.1) is 5.39 Å². The molecule has 7 heteroatoms. The quantitative estimate of drug-likeness (QED) is 0.569. The van der Waals surface area contributed by atoms with Gasteiger partial charge < -0.3 is 15.1 Å². The van der Waals surface area contributed by atoms with E-state index in [9.17, 15) is 4.79 Å². The molecule has 2 aliphatic heterocycles. The van der Waals surface area contributed by atoms with Gasteiger partial charge in [-0.25, -0.2) is 9.67 Å². The topological polar surface area (TPSA) is 66.3 Å². The number of hydrogen-bond acceptors (Lipinski definition) is 5. The number of anilines is 1. The van der Waals surface area contributed by atoms with Gasteiger partial charge in [0.25, 0.3) is 5.91 Å². The van der Waals surface area contributed by atoms with E-state index in [1.165, 1.54) is 70.8 Å². The zero-order valence-electron chi connectivity index (χ0n) is 23.0. The number of pyridine rings is 1. The zero-order valence-corrected chi connectivity index (χ0v) is 23.0. The summed E-state index contributed by atoms with van der Waals surface area (Å²) in [4.78, 5) is 23.0. The molecule has 0 atom stereocenters. The number of likely N-dealkylation sites (tertiary alicyclic amines) is 1. The fourth-order valence-corrected chi connectivity index (χ4v) is 5.84. The number of amides is 1. The first-order valence-electron chi connectivity index (χ1n) is 14.7. The highest BCUT2D eigenvalue weighted by molar-refractivity contribution is 6.04. The van der Waals surface area contributed by atoms with Crippen molar-refractivity contribution in [2.24, 2.45) is 13.0 Å². The van der Waals surface area contributed by atoms with Crippen molar-refractivity contribution in [3.05, 3.63) is 17.8 Å². The number of aryl methyl sites for hydroxylation is 1. The fraction of sp³-hybridized carbons (Fsp3) is 0.759. The van der Waals surface area contributed by atoms with Crippen molar-refractivity contribution in [3.63, 3.8) is 0 Å². The van der Waals surface area contributed by atoms with Gasteiger partial charge in [-0.1, -0.05) is 52.4 Å². The van der Waals surface area contributed by atoms with Crippen LogP contribution in [0.3, 0.4) is 0 Å². The highest BCUT2D eigenvalue weighted by atomic mass is 16.2. The predicted octanol–water partition coefficient (Wildman–Crippen LogP) is 5.54. The lowest BCUT2D eigenvalue weighted by molar-refractivity contribution is 0.0901. The molecule has 3 aliphatic rings. The van der Waals surface area contributed by atoms with E-state index in [2.05, 4.69) is 40.1 Å². The van der Waals surface area contributed by atoms with Crippen LogP contribution in [-0.2, 0) is 7.05 Å². The molecule has 7 nitrogen and oxygen atoms in total. The van der Waals surface area contributed by atoms with Gasteiger partial charge in [-0.05, 0) is 56.6 Å². The molecule has 4 heterocycles. The van der Waals surface area contributed by atoms with Crippen LogP contribution in [0, 0.1) is 5.92 Å². The van der Waals surface area contributed by atoms with E-state index in [0.29, 0.717) is 5.69 Å². The molecule has 0 aromatic carbocycles. The molecule has 1 saturated carbocycles. The van der Waals surface area contributed by atoms with Crippen LogP contribution in [0.2, 0.25) is 0 Å². The number of fused-ring (bicyclic) bond motifs is 1. The lowest BCUT2D eigenvalue weighted by Crippen LogP contribution is -2.45. The molecule has 1 N–H and O–H groups in total. The standard InChI is InChI=1S/C25H38N6O.C4H10/c1-29-24-21(10-11-22(27-24)31-14-6-2-3-7-15-31)23(28-29)25(32)26-20-12-16-30(17-13-20)18-19-8-4-5-9-19;1-3-4-2/h10-11,19-20H,2-9,12-18H2,1H3,(H,26,32);3-4H2,1-2H3. The first-order valence-corrected chi connectivity index (χ1v) is 14.7. The van der Waals surface area contributed by atoms with Crippen molar-refractivity contribution in [1.29, 1.82) is 0 Å². The number of carbonyl (C=O) groups excluding carboxylic acids is 1. The maximum absolute atomic E-state index is 13.1. The van der Waals surface area contributed by atoms with Gasteiger partial charge >= 0.3 is 0 Å². The predicted molar refractivity (Wildman–Crippen MR) is 149 cm³/mol. The maximum atomic E-state index is 13.1. The smallest absolute Gasteiger partial charge is 0.272 e. The second-order valence-corrected chi connectivity index (χ2v) is 11.1. The Balaban J connectivity index is 0.000000709. The average Bonchev–Trinajstić information content (AvgIpc) is 3.43. The van der Waals surface area contributed by atoms with Gasteiger partial charge in [-0.3, -0.25) is 4.79 Å². The molecule has 3 fully saturated rings. The summed E-state index contributed by atoms with van der Waals surface area (Å²) in [6.07, 6.45) is 15.3. The van der Waals surface area contributed by atoms with Crippen LogP contribution in [0.5, 0.6) is 0 Å². The van der Waals surface area contributed by atoms with Gasteiger partial charge in [-0.2, -0.15) is 5.10 Å². The first-order chi connectivity index (χ1) is 17.6. The largest absolute Gasteiger partial charge is 0.357 e. The Morgan fingerprint density at radius 2 is 1.58 bits per heavy atom. The summed E-state index contributed by atoms with van der Waals surface area (Å²) in [5, 5.41) is 8.67. The second-order valence-electron chi connectivity index (χ2n) is 11.1. The Labute approximate surface area is 218 Å². The van der Waals surface area contributed by atoms with E-state index in [1.807, 2.05) is 13.1 Å². The normalized spacial score (nSPS) is 20.2. The number of rotatable bonds is 6. The lowest BCUT2D eigenvalue weighted by Gasteiger charge is -2.33. The van der Waals surface area contributed by atoms with Crippen molar-refractivity contribution < 1.29 is 4.79 Å².